The fraction of sp³-hybridized carbons (Fsp3) is 0.600. The second-order valence-electron chi connectivity index (χ2n) is 6.41. The number of halogens is 3. The van der Waals surface area contributed by atoms with Gasteiger partial charge in [0, 0.05) is 7.11 Å². The number of hydrogen-bond acceptors (Lipinski definition) is 8. The number of aliphatic imine (C=N–C) groups is 1. The van der Waals surface area contributed by atoms with Crippen LogP contribution in [0.5, 0.6) is 0 Å². The molecule has 28 heavy (non-hydrogen) atoms. The molecule has 0 aromatic heterocycles. The standard InChI is InChI=1S/C15H18Cl3N3O6S/c1-25-8-26-11-3-2-9-6-10(22)4-5-14(9)12(11)19-13(20-14)21-28(23,24)27-7-15(16,17)18/h4-6,11-12H,2-3,7-8H2,1H3,(H2,19,20,21)/t11-,12-,14+/m1/s1. The predicted octanol–water partition coefficient (Wildman–Crippen LogP) is 1.12. The van der Waals surface area contributed by atoms with Crippen LogP contribution < -0.4 is 10.0 Å². The molecule has 0 amide bonds. The molecule has 0 aromatic rings. The quantitative estimate of drug-likeness (QED) is 0.438. The van der Waals surface area contributed by atoms with E-state index in [2.05, 4.69) is 19.2 Å². The van der Waals surface area contributed by atoms with Crippen molar-refractivity contribution in [1.82, 2.24) is 10.0 Å². The average Bonchev–Trinajstić information content (AvgIpc) is 2.95. The van der Waals surface area contributed by atoms with Crippen molar-refractivity contribution in [3.05, 3.63) is 23.8 Å². The van der Waals surface area contributed by atoms with Crippen LogP contribution in [0.3, 0.4) is 0 Å². The highest BCUT2D eigenvalue weighted by Crippen LogP contribution is 2.42. The lowest BCUT2D eigenvalue weighted by Crippen LogP contribution is -2.59. The van der Waals surface area contributed by atoms with E-state index in [4.69, 9.17) is 44.3 Å². The molecular weight excluding hydrogens is 457 g/mol. The molecule has 2 N–H and O–H groups in total. The van der Waals surface area contributed by atoms with E-state index in [1.54, 1.807) is 6.08 Å². The number of ether oxygens (including phenoxy) is 2. The molecule has 156 valence electrons. The molecule has 1 fully saturated rings. The number of carbonyl (C=O) groups excluding carboxylic acids is 1. The van der Waals surface area contributed by atoms with Gasteiger partial charge in [-0.05, 0) is 36.6 Å². The molecule has 0 radical (unpaired) electrons. The first kappa shape index (κ1) is 21.8. The lowest BCUT2D eigenvalue weighted by Gasteiger charge is -2.43. The average molecular weight is 475 g/mol. The molecule has 0 saturated heterocycles. The lowest BCUT2D eigenvalue weighted by atomic mass is 9.70. The largest absolute Gasteiger partial charge is 0.362 e. The van der Waals surface area contributed by atoms with E-state index < -0.39 is 32.3 Å². The Labute approximate surface area is 177 Å². The maximum Gasteiger partial charge on any atom is 0.362 e. The van der Waals surface area contributed by atoms with E-state index in [0.29, 0.717) is 12.8 Å². The van der Waals surface area contributed by atoms with Crippen molar-refractivity contribution in [1.29, 1.82) is 0 Å². The summed E-state index contributed by atoms with van der Waals surface area (Å²) in [4.78, 5) is 16.2. The maximum absolute atomic E-state index is 12.1. The predicted molar refractivity (Wildman–Crippen MR) is 104 cm³/mol. The second-order valence-corrected chi connectivity index (χ2v) is 10.3. The molecule has 3 aliphatic rings. The van der Waals surface area contributed by atoms with Crippen molar-refractivity contribution in [2.75, 3.05) is 20.5 Å². The molecule has 2 aliphatic carbocycles. The molecular formula is C15H18Cl3N3O6S. The van der Waals surface area contributed by atoms with Crippen LogP contribution in [0.15, 0.2) is 28.8 Å². The number of methoxy groups -OCH3 is 1. The van der Waals surface area contributed by atoms with Crippen LogP contribution in [0.4, 0.5) is 0 Å². The summed E-state index contributed by atoms with van der Waals surface area (Å²) in [5.74, 6) is -0.204. The summed E-state index contributed by atoms with van der Waals surface area (Å²) >= 11 is 16.6. The molecule has 0 bridgehead atoms. The fourth-order valence-corrected chi connectivity index (χ4v) is 4.49. The summed E-state index contributed by atoms with van der Waals surface area (Å²) < 4.78 is 39.9. The molecule has 1 heterocycles. The van der Waals surface area contributed by atoms with E-state index in [1.165, 1.54) is 19.3 Å². The molecule has 0 aromatic carbocycles. The minimum atomic E-state index is -4.30. The van der Waals surface area contributed by atoms with Gasteiger partial charge in [0.1, 0.15) is 25.0 Å². The van der Waals surface area contributed by atoms with E-state index >= 15 is 0 Å². The summed E-state index contributed by atoms with van der Waals surface area (Å²) in [7, 11) is -2.80. The van der Waals surface area contributed by atoms with Crippen LogP contribution in [-0.2, 0) is 28.8 Å². The Kier molecular flexibility index (Phi) is 6.31. The first-order chi connectivity index (χ1) is 13.0. The van der Waals surface area contributed by atoms with Crippen LogP contribution in [0.2, 0.25) is 0 Å². The van der Waals surface area contributed by atoms with E-state index in [1.807, 2.05) is 0 Å². The van der Waals surface area contributed by atoms with Gasteiger partial charge in [-0.3, -0.25) is 4.79 Å². The monoisotopic (exact) mass is 473 g/mol. The Morgan fingerprint density at radius 1 is 1.43 bits per heavy atom. The Morgan fingerprint density at radius 3 is 2.86 bits per heavy atom. The minimum Gasteiger partial charge on any atom is -0.359 e. The number of rotatable bonds is 6. The third-order valence-corrected chi connectivity index (χ3v) is 5.67. The van der Waals surface area contributed by atoms with Crippen LogP contribution in [0.25, 0.3) is 0 Å². The highest BCUT2D eigenvalue weighted by atomic mass is 35.6. The number of ketones is 1. The van der Waals surface area contributed by atoms with Gasteiger partial charge in [-0.25, -0.2) is 13.9 Å². The normalized spacial score (nSPS) is 29.5. The first-order valence-corrected chi connectivity index (χ1v) is 10.7. The zero-order chi connectivity index (χ0) is 20.6. The summed E-state index contributed by atoms with van der Waals surface area (Å²) in [6.45, 7) is -0.615. The number of nitrogens with zero attached hydrogens (tertiary/aromatic N) is 1. The van der Waals surface area contributed by atoms with Crippen molar-refractivity contribution in [3.8, 4) is 0 Å². The Morgan fingerprint density at radius 2 is 2.18 bits per heavy atom. The van der Waals surface area contributed by atoms with Gasteiger partial charge in [0.25, 0.3) is 0 Å². The number of allylic oxidation sites excluding steroid dienone is 2. The highest BCUT2D eigenvalue weighted by molar-refractivity contribution is 7.85. The SMILES string of the molecule is COCO[C@@H]1CCC2=CC(=O)C=C[C@]23NC(NS(=O)(=O)OCC(Cl)(Cl)Cl)=N[C@H]13. The van der Waals surface area contributed by atoms with Gasteiger partial charge in [-0.15, -0.1) is 0 Å². The molecule has 9 nitrogen and oxygen atoms in total. The molecule has 1 saturated carbocycles. The van der Waals surface area contributed by atoms with Crippen molar-refractivity contribution in [3.63, 3.8) is 0 Å². The zero-order valence-electron chi connectivity index (χ0n) is 14.7. The smallest absolute Gasteiger partial charge is 0.359 e. The number of nitrogens with one attached hydrogen (secondary N) is 2. The molecule has 3 atom stereocenters. The van der Waals surface area contributed by atoms with Crippen molar-refractivity contribution in [2.24, 2.45) is 4.99 Å². The number of guanidine groups is 1. The van der Waals surface area contributed by atoms with Crippen molar-refractivity contribution < 1.29 is 26.9 Å². The van der Waals surface area contributed by atoms with Crippen molar-refractivity contribution >= 4 is 56.8 Å². The van der Waals surface area contributed by atoms with Gasteiger partial charge in [0.2, 0.25) is 9.75 Å². The van der Waals surface area contributed by atoms with Gasteiger partial charge in [-0.1, -0.05) is 34.8 Å². The molecule has 0 unspecified atom stereocenters. The van der Waals surface area contributed by atoms with Gasteiger partial charge in [0.05, 0.1) is 6.10 Å². The van der Waals surface area contributed by atoms with Gasteiger partial charge < -0.3 is 14.8 Å². The van der Waals surface area contributed by atoms with Crippen LogP contribution in [0, 0.1) is 0 Å². The number of carbonyl (C=O) groups is 1. The topological polar surface area (TPSA) is 115 Å². The summed E-state index contributed by atoms with van der Waals surface area (Å²) in [5.41, 5.74) is -0.0834. The Bertz CT molecular complexity index is 838. The Hall–Kier alpha value is -0.880. The minimum absolute atomic E-state index is 0.0574. The first-order valence-electron chi connectivity index (χ1n) is 8.19. The van der Waals surface area contributed by atoms with E-state index in [0.717, 1.165) is 5.57 Å². The zero-order valence-corrected chi connectivity index (χ0v) is 17.7. The molecule has 1 spiro atoms. The summed E-state index contributed by atoms with van der Waals surface area (Å²) in [5, 5.41) is 3.04. The lowest BCUT2D eigenvalue weighted by molar-refractivity contribution is -0.111. The van der Waals surface area contributed by atoms with Crippen LogP contribution in [-0.4, -0.2) is 62.1 Å². The summed E-state index contributed by atoms with van der Waals surface area (Å²) in [6, 6.07) is -0.516. The maximum atomic E-state index is 12.1. The number of alkyl halides is 3. The molecule has 1 aliphatic heterocycles. The van der Waals surface area contributed by atoms with Crippen LogP contribution in [0.1, 0.15) is 12.8 Å². The van der Waals surface area contributed by atoms with E-state index in [9.17, 15) is 13.2 Å². The summed E-state index contributed by atoms with van der Waals surface area (Å²) in [6.07, 6.45) is 5.43. The Balaban J connectivity index is 1.82. The number of hydrogen-bond donors (Lipinski definition) is 2. The molecule has 3 rings (SSSR count). The third-order valence-electron chi connectivity index (χ3n) is 4.47. The van der Waals surface area contributed by atoms with Gasteiger partial charge in [-0.2, -0.15) is 8.42 Å². The molecule has 13 heteroatoms. The van der Waals surface area contributed by atoms with Gasteiger partial charge >= 0.3 is 10.3 Å². The van der Waals surface area contributed by atoms with E-state index in [-0.39, 0.29) is 24.6 Å². The van der Waals surface area contributed by atoms with Crippen LogP contribution >= 0.6 is 34.8 Å². The van der Waals surface area contributed by atoms with Gasteiger partial charge in [0.15, 0.2) is 5.78 Å². The highest BCUT2D eigenvalue weighted by Gasteiger charge is 2.53. The van der Waals surface area contributed by atoms with Crippen molar-refractivity contribution in [2.45, 2.75) is 34.3 Å². The third kappa shape index (κ3) is 4.81. The fourth-order valence-electron chi connectivity index (χ4n) is 3.40. The second kappa shape index (κ2) is 8.10.